The quantitative estimate of drug-likeness (QED) is 0.318. The molecule has 0 spiro atoms. The Morgan fingerprint density at radius 2 is 1.39 bits per heavy atom. The SMILES string of the molecule is CCCCCCc1cc(C(=O)O)c(C(=O)O)c(S(=O)(=O)O)c1CCCCCC. The molecule has 0 atom stereocenters. The molecule has 0 aliphatic carbocycles. The van der Waals surface area contributed by atoms with Crippen molar-refractivity contribution in [2.45, 2.75) is 83.0 Å². The number of benzene rings is 1. The van der Waals surface area contributed by atoms with E-state index in [1.165, 1.54) is 6.07 Å². The summed E-state index contributed by atoms with van der Waals surface area (Å²) >= 11 is 0. The zero-order valence-corrected chi connectivity index (χ0v) is 17.3. The highest BCUT2D eigenvalue weighted by molar-refractivity contribution is 7.86. The van der Waals surface area contributed by atoms with Gasteiger partial charge in [-0.2, -0.15) is 8.42 Å². The van der Waals surface area contributed by atoms with E-state index in [1.54, 1.807) is 0 Å². The van der Waals surface area contributed by atoms with E-state index in [-0.39, 0.29) is 12.0 Å². The van der Waals surface area contributed by atoms with Crippen LogP contribution in [0.1, 0.15) is 97.1 Å². The summed E-state index contributed by atoms with van der Waals surface area (Å²) in [6, 6.07) is 1.27. The Kier molecular flexibility index (Phi) is 9.61. The Labute approximate surface area is 166 Å². The number of hydrogen-bond acceptors (Lipinski definition) is 4. The molecule has 0 fully saturated rings. The van der Waals surface area contributed by atoms with Crippen molar-refractivity contribution in [3.8, 4) is 0 Å². The van der Waals surface area contributed by atoms with E-state index >= 15 is 0 Å². The lowest BCUT2D eigenvalue weighted by molar-refractivity contribution is 0.0647. The number of carboxylic acids is 2. The highest BCUT2D eigenvalue weighted by Gasteiger charge is 2.31. The van der Waals surface area contributed by atoms with Crippen LogP contribution in [0.3, 0.4) is 0 Å². The summed E-state index contributed by atoms with van der Waals surface area (Å²) in [5, 5.41) is 18.9. The summed E-state index contributed by atoms with van der Waals surface area (Å²) in [7, 11) is -4.91. The molecule has 7 nitrogen and oxygen atoms in total. The fourth-order valence-corrected chi connectivity index (χ4v) is 4.39. The first-order valence-corrected chi connectivity index (χ1v) is 11.2. The van der Waals surface area contributed by atoms with Gasteiger partial charge in [0.05, 0.1) is 11.1 Å². The molecule has 0 unspecified atom stereocenters. The minimum Gasteiger partial charge on any atom is -0.478 e. The first kappa shape index (κ1) is 24.1. The molecule has 0 saturated carbocycles. The van der Waals surface area contributed by atoms with E-state index in [0.717, 1.165) is 44.9 Å². The topological polar surface area (TPSA) is 129 Å². The van der Waals surface area contributed by atoms with Gasteiger partial charge in [-0.3, -0.25) is 4.55 Å². The maximum Gasteiger partial charge on any atom is 0.338 e. The van der Waals surface area contributed by atoms with Crippen molar-refractivity contribution >= 4 is 22.1 Å². The second-order valence-corrected chi connectivity index (χ2v) is 8.33. The van der Waals surface area contributed by atoms with Crippen LogP contribution in [-0.4, -0.2) is 35.1 Å². The summed E-state index contributed by atoms with van der Waals surface area (Å²) in [6.07, 6.45) is 7.74. The summed E-state index contributed by atoms with van der Waals surface area (Å²) in [5.41, 5.74) is -0.749. The third-order valence-electron chi connectivity index (χ3n) is 4.76. The van der Waals surface area contributed by atoms with Gasteiger partial charge in [0.1, 0.15) is 4.90 Å². The summed E-state index contributed by atoms with van der Waals surface area (Å²) in [5.74, 6) is -3.22. The molecule has 0 amide bonds. The number of aromatic carboxylic acids is 2. The molecule has 3 N–H and O–H groups in total. The Bertz CT molecular complexity index is 797. The van der Waals surface area contributed by atoms with E-state index in [9.17, 15) is 32.8 Å². The first-order chi connectivity index (χ1) is 13.1. The van der Waals surface area contributed by atoms with Crippen LogP contribution in [-0.2, 0) is 23.0 Å². The van der Waals surface area contributed by atoms with Gasteiger partial charge in [0.15, 0.2) is 0 Å². The molecule has 1 aromatic carbocycles. The van der Waals surface area contributed by atoms with Crippen LogP contribution in [0, 0.1) is 0 Å². The molecule has 158 valence electrons. The van der Waals surface area contributed by atoms with E-state index in [0.29, 0.717) is 18.4 Å². The van der Waals surface area contributed by atoms with E-state index in [2.05, 4.69) is 6.92 Å². The Balaban J connectivity index is 3.59. The molecule has 1 aromatic rings. The van der Waals surface area contributed by atoms with Gasteiger partial charge in [-0.25, -0.2) is 9.59 Å². The molecule has 8 heteroatoms. The zero-order chi connectivity index (χ0) is 21.3. The van der Waals surface area contributed by atoms with Gasteiger partial charge in [0.25, 0.3) is 10.1 Å². The molecule has 0 heterocycles. The first-order valence-electron chi connectivity index (χ1n) is 9.77. The average Bonchev–Trinajstić information content (AvgIpc) is 2.60. The average molecular weight is 415 g/mol. The van der Waals surface area contributed by atoms with Gasteiger partial charge in [0, 0.05) is 0 Å². The lowest BCUT2D eigenvalue weighted by atomic mass is 9.91. The number of hydrogen-bond donors (Lipinski definition) is 3. The number of aryl methyl sites for hydroxylation is 1. The predicted octanol–water partition coefficient (Wildman–Crippen LogP) is 4.58. The maximum atomic E-state index is 12.1. The number of carboxylic acid groups (broad SMARTS) is 2. The maximum absolute atomic E-state index is 12.1. The molecule has 0 aliphatic rings. The molecule has 28 heavy (non-hydrogen) atoms. The lowest BCUT2D eigenvalue weighted by Gasteiger charge is -2.18. The van der Waals surface area contributed by atoms with Crippen LogP contribution >= 0.6 is 0 Å². The van der Waals surface area contributed by atoms with Crippen molar-refractivity contribution in [3.63, 3.8) is 0 Å². The number of rotatable bonds is 13. The van der Waals surface area contributed by atoms with Crippen LogP contribution in [0.15, 0.2) is 11.0 Å². The van der Waals surface area contributed by atoms with Crippen molar-refractivity contribution < 1.29 is 32.8 Å². The molecule has 0 radical (unpaired) electrons. The van der Waals surface area contributed by atoms with Crippen molar-refractivity contribution in [1.82, 2.24) is 0 Å². The lowest BCUT2D eigenvalue weighted by Crippen LogP contribution is -2.19. The largest absolute Gasteiger partial charge is 0.478 e. The Morgan fingerprint density at radius 1 is 0.857 bits per heavy atom. The summed E-state index contributed by atoms with van der Waals surface area (Å²) in [4.78, 5) is 22.5. The molecule has 0 saturated heterocycles. The van der Waals surface area contributed by atoms with E-state index in [1.807, 2.05) is 6.92 Å². The van der Waals surface area contributed by atoms with Gasteiger partial charge in [-0.05, 0) is 42.9 Å². The fraction of sp³-hybridized carbons (Fsp3) is 0.600. The molecule has 0 aromatic heterocycles. The third-order valence-corrected chi connectivity index (χ3v) is 5.73. The van der Waals surface area contributed by atoms with Gasteiger partial charge in [0.2, 0.25) is 0 Å². The molecular formula is C20H30O7S. The van der Waals surface area contributed by atoms with Crippen LogP contribution in [0.25, 0.3) is 0 Å². The van der Waals surface area contributed by atoms with Gasteiger partial charge < -0.3 is 10.2 Å². The highest BCUT2D eigenvalue weighted by Crippen LogP contribution is 2.31. The highest BCUT2D eigenvalue weighted by atomic mass is 32.2. The second-order valence-electron chi connectivity index (χ2n) is 6.97. The normalized spacial score (nSPS) is 11.5. The fourth-order valence-electron chi connectivity index (χ4n) is 3.39. The number of carbonyl (C=O) groups is 2. The molecular weight excluding hydrogens is 384 g/mol. The van der Waals surface area contributed by atoms with Crippen molar-refractivity contribution in [1.29, 1.82) is 0 Å². The standard InChI is InChI=1S/C20H30O7S/c1-3-5-7-9-11-14-13-16(19(21)22)17(20(23)24)18(28(25,26)27)15(14)12-10-8-6-4-2/h13H,3-12H2,1-2H3,(H,21,22)(H,23,24)(H,25,26,27). The van der Waals surface area contributed by atoms with Gasteiger partial charge >= 0.3 is 11.9 Å². The third kappa shape index (κ3) is 6.60. The van der Waals surface area contributed by atoms with Gasteiger partial charge in [-0.15, -0.1) is 0 Å². The summed E-state index contributed by atoms with van der Waals surface area (Å²) < 4.78 is 33.9. The monoisotopic (exact) mass is 414 g/mol. The van der Waals surface area contributed by atoms with E-state index in [4.69, 9.17) is 0 Å². The molecule has 1 rings (SSSR count). The number of unbranched alkanes of at least 4 members (excludes halogenated alkanes) is 6. The predicted molar refractivity (Wildman–Crippen MR) is 106 cm³/mol. The Hall–Kier alpha value is -1.93. The van der Waals surface area contributed by atoms with Crippen LogP contribution in [0.2, 0.25) is 0 Å². The van der Waals surface area contributed by atoms with Crippen molar-refractivity contribution in [2.24, 2.45) is 0 Å². The second kappa shape index (κ2) is 11.2. The van der Waals surface area contributed by atoms with Gasteiger partial charge in [-0.1, -0.05) is 52.4 Å². The molecule has 0 aliphatic heterocycles. The smallest absolute Gasteiger partial charge is 0.338 e. The molecule has 0 bridgehead atoms. The zero-order valence-electron chi connectivity index (χ0n) is 16.5. The van der Waals surface area contributed by atoms with Crippen molar-refractivity contribution in [3.05, 3.63) is 28.3 Å². The Morgan fingerprint density at radius 3 is 1.82 bits per heavy atom. The van der Waals surface area contributed by atoms with Crippen LogP contribution in [0.4, 0.5) is 0 Å². The van der Waals surface area contributed by atoms with Crippen LogP contribution in [0.5, 0.6) is 0 Å². The summed E-state index contributed by atoms with van der Waals surface area (Å²) in [6.45, 7) is 4.09. The van der Waals surface area contributed by atoms with Crippen LogP contribution < -0.4 is 0 Å². The minimum absolute atomic E-state index is 0.234. The van der Waals surface area contributed by atoms with E-state index < -0.39 is 38.1 Å². The van der Waals surface area contributed by atoms with Crippen molar-refractivity contribution in [2.75, 3.05) is 0 Å². The minimum atomic E-state index is -4.91.